The Balaban J connectivity index is 1.93. The molecule has 2 rings (SSSR count). The van der Waals surface area contributed by atoms with Crippen molar-refractivity contribution in [3.8, 4) is 0 Å². The standard InChI is InChI=1S/C17H22ClFN2O2/c1-3-4-5-8-23-17(22)21-7-6-14(12(2)11-21)15-9-13(18)10-20-16(15)19/h3,9-10,12,14H,1,4-8,11H2,2H3/t12-,14?/m0/s1. The molecule has 1 aromatic rings. The average molecular weight is 341 g/mol. The first-order chi connectivity index (χ1) is 11.0. The minimum atomic E-state index is -0.480. The summed E-state index contributed by atoms with van der Waals surface area (Å²) in [6.45, 7) is 7.11. The molecule has 1 fully saturated rings. The van der Waals surface area contributed by atoms with E-state index in [1.165, 1.54) is 6.20 Å². The van der Waals surface area contributed by atoms with Gasteiger partial charge in [-0.1, -0.05) is 24.6 Å². The van der Waals surface area contributed by atoms with E-state index in [-0.39, 0.29) is 17.9 Å². The van der Waals surface area contributed by atoms with Gasteiger partial charge in [-0.15, -0.1) is 6.58 Å². The first kappa shape index (κ1) is 17.7. The fraction of sp³-hybridized carbons (Fsp3) is 0.529. The van der Waals surface area contributed by atoms with Gasteiger partial charge in [0, 0.05) is 24.8 Å². The van der Waals surface area contributed by atoms with Gasteiger partial charge in [0.05, 0.1) is 11.6 Å². The second-order valence-corrected chi connectivity index (χ2v) is 6.33. The molecule has 0 aliphatic carbocycles. The lowest BCUT2D eigenvalue weighted by Crippen LogP contribution is -2.42. The normalized spacial score (nSPS) is 21.1. The molecule has 0 N–H and O–H groups in total. The van der Waals surface area contributed by atoms with Gasteiger partial charge in [0.15, 0.2) is 0 Å². The van der Waals surface area contributed by atoms with Gasteiger partial charge in [-0.05, 0) is 37.2 Å². The maximum absolute atomic E-state index is 13.9. The van der Waals surface area contributed by atoms with Gasteiger partial charge in [0.2, 0.25) is 5.95 Å². The molecule has 1 aliphatic heterocycles. The summed E-state index contributed by atoms with van der Waals surface area (Å²) in [6.07, 6.45) is 5.08. The monoisotopic (exact) mass is 340 g/mol. The number of pyridine rings is 1. The average Bonchev–Trinajstić information content (AvgIpc) is 2.54. The second kappa shape index (κ2) is 8.29. The minimum Gasteiger partial charge on any atom is -0.449 e. The van der Waals surface area contributed by atoms with Crippen molar-refractivity contribution in [2.75, 3.05) is 19.7 Å². The van der Waals surface area contributed by atoms with Crippen molar-refractivity contribution >= 4 is 17.7 Å². The Kier molecular flexibility index (Phi) is 6.39. The van der Waals surface area contributed by atoms with Crippen LogP contribution in [-0.2, 0) is 4.74 Å². The summed E-state index contributed by atoms with van der Waals surface area (Å²) in [5.41, 5.74) is 0.531. The van der Waals surface area contributed by atoms with Gasteiger partial charge in [-0.2, -0.15) is 4.39 Å². The molecule has 4 nitrogen and oxygen atoms in total. The van der Waals surface area contributed by atoms with Crippen LogP contribution < -0.4 is 0 Å². The Morgan fingerprint density at radius 3 is 3.13 bits per heavy atom. The molecule has 1 aromatic heterocycles. The number of carbonyl (C=O) groups excluding carboxylic acids is 1. The number of unbranched alkanes of at least 4 members (excludes halogenated alkanes) is 1. The second-order valence-electron chi connectivity index (χ2n) is 5.90. The predicted molar refractivity (Wildman–Crippen MR) is 88.1 cm³/mol. The summed E-state index contributed by atoms with van der Waals surface area (Å²) < 4.78 is 19.2. The number of nitrogens with zero attached hydrogens (tertiary/aromatic N) is 2. The van der Waals surface area contributed by atoms with Crippen LogP contribution in [0.15, 0.2) is 24.9 Å². The van der Waals surface area contributed by atoms with Crippen molar-refractivity contribution in [1.82, 2.24) is 9.88 Å². The van der Waals surface area contributed by atoms with E-state index < -0.39 is 5.95 Å². The SMILES string of the molecule is C=CCCCOC(=O)N1CCC(c2cc(Cl)cnc2F)[C@@H](C)C1. The van der Waals surface area contributed by atoms with E-state index in [4.69, 9.17) is 16.3 Å². The molecule has 1 amide bonds. The molecule has 0 radical (unpaired) electrons. The summed E-state index contributed by atoms with van der Waals surface area (Å²) in [6, 6.07) is 1.63. The van der Waals surface area contributed by atoms with Crippen LogP contribution in [0.4, 0.5) is 9.18 Å². The van der Waals surface area contributed by atoms with E-state index in [1.807, 2.05) is 6.92 Å². The van der Waals surface area contributed by atoms with Gasteiger partial charge in [-0.3, -0.25) is 0 Å². The number of allylic oxidation sites excluding steroid dienone is 1. The number of likely N-dealkylation sites (tertiary alicyclic amines) is 1. The number of amides is 1. The molecule has 2 atom stereocenters. The number of rotatable bonds is 5. The largest absolute Gasteiger partial charge is 0.449 e. The van der Waals surface area contributed by atoms with Crippen molar-refractivity contribution in [3.05, 3.63) is 41.5 Å². The van der Waals surface area contributed by atoms with E-state index in [0.29, 0.717) is 36.7 Å². The van der Waals surface area contributed by atoms with Crippen LogP contribution in [0.25, 0.3) is 0 Å². The van der Waals surface area contributed by atoms with Crippen LogP contribution in [0.3, 0.4) is 0 Å². The third-order valence-electron chi connectivity index (χ3n) is 4.17. The number of hydrogen-bond donors (Lipinski definition) is 0. The highest BCUT2D eigenvalue weighted by molar-refractivity contribution is 6.30. The summed E-state index contributed by atoms with van der Waals surface area (Å²) in [4.78, 5) is 17.4. The van der Waals surface area contributed by atoms with Gasteiger partial charge in [0.1, 0.15) is 0 Å². The Morgan fingerprint density at radius 2 is 2.43 bits per heavy atom. The Hall–Kier alpha value is -1.62. The zero-order chi connectivity index (χ0) is 16.8. The molecule has 0 saturated carbocycles. The number of carbonyl (C=O) groups is 1. The molecule has 126 valence electrons. The van der Waals surface area contributed by atoms with Gasteiger partial charge in [-0.25, -0.2) is 9.78 Å². The molecule has 6 heteroatoms. The summed E-state index contributed by atoms with van der Waals surface area (Å²) >= 11 is 5.93. The highest BCUT2D eigenvalue weighted by Crippen LogP contribution is 2.34. The van der Waals surface area contributed by atoms with Crippen LogP contribution in [0.5, 0.6) is 0 Å². The minimum absolute atomic E-state index is 0.00557. The Labute approximate surface area is 141 Å². The summed E-state index contributed by atoms with van der Waals surface area (Å²) in [5, 5.41) is 0.428. The van der Waals surface area contributed by atoms with Crippen molar-refractivity contribution < 1.29 is 13.9 Å². The third kappa shape index (κ3) is 4.67. The zero-order valence-electron chi connectivity index (χ0n) is 13.3. The number of halogens is 2. The highest BCUT2D eigenvalue weighted by Gasteiger charge is 2.32. The maximum Gasteiger partial charge on any atom is 0.409 e. The third-order valence-corrected chi connectivity index (χ3v) is 4.38. The molecule has 2 heterocycles. The molecular weight excluding hydrogens is 319 g/mol. The maximum atomic E-state index is 13.9. The summed E-state index contributed by atoms with van der Waals surface area (Å²) in [7, 11) is 0. The fourth-order valence-corrected chi connectivity index (χ4v) is 3.12. The molecule has 1 saturated heterocycles. The topological polar surface area (TPSA) is 42.4 Å². The van der Waals surface area contributed by atoms with Crippen LogP contribution in [0.1, 0.15) is 37.7 Å². The molecule has 0 aromatic carbocycles. The van der Waals surface area contributed by atoms with Gasteiger partial charge in [0.25, 0.3) is 0 Å². The number of aromatic nitrogens is 1. The van der Waals surface area contributed by atoms with E-state index in [2.05, 4.69) is 11.6 Å². The molecule has 0 spiro atoms. The van der Waals surface area contributed by atoms with Crippen LogP contribution in [-0.4, -0.2) is 35.7 Å². The smallest absolute Gasteiger partial charge is 0.409 e. The van der Waals surface area contributed by atoms with Crippen LogP contribution in [0.2, 0.25) is 5.02 Å². The predicted octanol–water partition coefficient (Wildman–Crippen LogP) is 4.40. The van der Waals surface area contributed by atoms with E-state index in [9.17, 15) is 9.18 Å². The van der Waals surface area contributed by atoms with Gasteiger partial charge >= 0.3 is 6.09 Å². The zero-order valence-corrected chi connectivity index (χ0v) is 14.1. The molecule has 1 unspecified atom stereocenters. The number of hydrogen-bond acceptors (Lipinski definition) is 3. The van der Waals surface area contributed by atoms with Crippen molar-refractivity contribution in [2.45, 2.75) is 32.1 Å². The van der Waals surface area contributed by atoms with Crippen LogP contribution in [0, 0.1) is 11.9 Å². The molecule has 0 bridgehead atoms. The van der Waals surface area contributed by atoms with Crippen molar-refractivity contribution in [2.24, 2.45) is 5.92 Å². The lowest BCUT2D eigenvalue weighted by Gasteiger charge is -2.36. The van der Waals surface area contributed by atoms with Crippen LogP contribution >= 0.6 is 11.6 Å². The summed E-state index contributed by atoms with van der Waals surface area (Å²) in [5.74, 6) is -0.364. The first-order valence-electron chi connectivity index (χ1n) is 7.86. The Morgan fingerprint density at radius 1 is 1.65 bits per heavy atom. The fourth-order valence-electron chi connectivity index (χ4n) is 2.95. The first-order valence-corrected chi connectivity index (χ1v) is 8.24. The quantitative estimate of drug-likeness (QED) is 0.453. The van der Waals surface area contributed by atoms with E-state index in [1.54, 1.807) is 17.0 Å². The highest BCUT2D eigenvalue weighted by atomic mass is 35.5. The van der Waals surface area contributed by atoms with E-state index >= 15 is 0 Å². The number of ether oxygens (including phenoxy) is 1. The number of piperidine rings is 1. The molecular formula is C17H22ClFN2O2. The lowest BCUT2D eigenvalue weighted by atomic mass is 9.82. The van der Waals surface area contributed by atoms with E-state index in [0.717, 1.165) is 12.8 Å². The van der Waals surface area contributed by atoms with Crippen molar-refractivity contribution in [3.63, 3.8) is 0 Å². The molecule has 1 aliphatic rings. The lowest BCUT2D eigenvalue weighted by molar-refractivity contribution is 0.0807. The Bertz CT molecular complexity index is 568. The van der Waals surface area contributed by atoms with Gasteiger partial charge < -0.3 is 9.64 Å². The molecule has 23 heavy (non-hydrogen) atoms. The van der Waals surface area contributed by atoms with Crippen molar-refractivity contribution in [1.29, 1.82) is 0 Å².